The molecule has 0 aliphatic carbocycles. The lowest BCUT2D eigenvalue weighted by atomic mass is 9.99. The first-order valence-electron chi connectivity index (χ1n) is 11.5. The van der Waals surface area contributed by atoms with E-state index in [9.17, 15) is 9.59 Å². The summed E-state index contributed by atoms with van der Waals surface area (Å²) in [5.41, 5.74) is 10.3. The van der Waals surface area contributed by atoms with Crippen LogP contribution in [0.1, 0.15) is 28.5 Å². The van der Waals surface area contributed by atoms with Gasteiger partial charge in [0.25, 0.3) is 0 Å². The Balaban J connectivity index is 1.52. The van der Waals surface area contributed by atoms with Crippen LogP contribution in [0, 0.1) is 5.92 Å². The molecular formula is C26H29N5O4. The monoisotopic (exact) mass is 475 g/mol. The fraction of sp³-hybridized carbons (Fsp3) is 0.346. The van der Waals surface area contributed by atoms with Crippen molar-refractivity contribution in [2.24, 2.45) is 5.92 Å². The Morgan fingerprint density at radius 3 is 2.60 bits per heavy atom. The molecule has 1 aliphatic heterocycles. The maximum atomic E-state index is 13.2. The lowest BCUT2D eigenvalue weighted by molar-refractivity contribution is -0.144. The molecule has 1 atom stereocenters. The van der Waals surface area contributed by atoms with E-state index in [2.05, 4.69) is 19.9 Å². The van der Waals surface area contributed by atoms with E-state index in [4.69, 9.17) is 15.2 Å². The van der Waals surface area contributed by atoms with Gasteiger partial charge in [-0.25, -0.2) is 9.97 Å². The Kier molecular flexibility index (Phi) is 7.67. The average molecular weight is 476 g/mol. The lowest BCUT2D eigenvalue weighted by Crippen LogP contribution is -2.37. The molecule has 0 unspecified atom stereocenters. The van der Waals surface area contributed by atoms with Gasteiger partial charge in [-0.2, -0.15) is 0 Å². The molecule has 1 aliphatic rings. The number of esters is 1. The zero-order chi connectivity index (χ0) is 24.8. The average Bonchev–Trinajstić information content (AvgIpc) is 2.89. The Morgan fingerprint density at radius 2 is 1.89 bits per heavy atom. The molecule has 2 aromatic heterocycles. The maximum Gasteiger partial charge on any atom is 0.308 e. The molecule has 35 heavy (non-hydrogen) atoms. The number of hydrogen-bond donors (Lipinski definition) is 1. The van der Waals surface area contributed by atoms with Crippen molar-refractivity contribution in [2.45, 2.75) is 19.8 Å². The molecule has 1 saturated heterocycles. The summed E-state index contributed by atoms with van der Waals surface area (Å²) in [5.74, 6) is -0.602. The van der Waals surface area contributed by atoms with Crippen molar-refractivity contribution in [1.82, 2.24) is 15.0 Å². The van der Waals surface area contributed by atoms with Crippen LogP contribution in [0.25, 0.3) is 11.3 Å². The fourth-order valence-corrected chi connectivity index (χ4v) is 4.12. The number of aromatic nitrogens is 3. The molecule has 0 amide bonds. The van der Waals surface area contributed by atoms with Gasteiger partial charge in [-0.3, -0.25) is 14.6 Å². The number of rotatable bonds is 8. The summed E-state index contributed by atoms with van der Waals surface area (Å²) in [4.78, 5) is 40.1. The highest BCUT2D eigenvalue weighted by molar-refractivity contribution is 6.00. The highest BCUT2D eigenvalue weighted by Gasteiger charge is 2.20. The van der Waals surface area contributed by atoms with Crippen molar-refractivity contribution in [3.63, 3.8) is 0 Å². The molecule has 3 heterocycles. The van der Waals surface area contributed by atoms with Crippen LogP contribution in [-0.2, 0) is 27.1 Å². The lowest BCUT2D eigenvalue weighted by Gasteiger charge is -2.30. The van der Waals surface area contributed by atoms with Crippen molar-refractivity contribution in [3.8, 4) is 11.3 Å². The van der Waals surface area contributed by atoms with Gasteiger partial charge in [0.1, 0.15) is 5.69 Å². The fourth-order valence-electron chi connectivity index (χ4n) is 4.12. The summed E-state index contributed by atoms with van der Waals surface area (Å²) in [7, 11) is 1.39. The largest absolute Gasteiger partial charge is 0.469 e. The van der Waals surface area contributed by atoms with E-state index in [1.54, 1.807) is 18.6 Å². The molecular weight excluding hydrogens is 446 g/mol. The molecule has 2 N–H and O–H groups in total. The molecule has 3 aromatic rings. The number of nitrogens with two attached hydrogens (primary N) is 1. The van der Waals surface area contributed by atoms with Crippen LogP contribution >= 0.6 is 0 Å². The highest BCUT2D eigenvalue weighted by atomic mass is 16.5. The third-order valence-electron chi connectivity index (χ3n) is 6.04. The predicted octanol–water partition coefficient (Wildman–Crippen LogP) is 2.73. The van der Waals surface area contributed by atoms with Gasteiger partial charge in [0.2, 0.25) is 0 Å². The second-order valence-electron chi connectivity index (χ2n) is 8.52. The van der Waals surface area contributed by atoms with E-state index < -0.39 is 0 Å². The van der Waals surface area contributed by atoms with Crippen LogP contribution in [0.5, 0.6) is 0 Å². The van der Waals surface area contributed by atoms with Crippen molar-refractivity contribution >= 4 is 23.3 Å². The number of anilines is 2. The number of morpholine rings is 1. The Morgan fingerprint density at radius 1 is 1.14 bits per heavy atom. The van der Waals surface area contributed by atoms with Gasteiger partial charge < -0.3 is 20.1 Å². The molecule has 1 fully saturated rings. The second kappa shape index (κ2) is 11.1. The van der Waals surface area contributed by atoms with Crippen LogP contribution in [0.2, 0.25) is 0 Å². The minimum absolute atomic E-state index is 0.0964. The number of ether oxygens (including phenoxy) is 2. The Bertz CT molecular complexity index is 1190. The number of ketones is 1. The van der Waals surface area contributed by atoms with Crippen LogP contribution in [0.15, 0.2) is 48.9 Å². The van der Waals surface area contributed by atoms with Crippen molar-refractivity contribution in [3.05, 3.63) is 65.7 Å². The summed E-state index contributed by atoms with van der Waals surface area (Å²) < 4.78 is 10.2. The Labute approximate surface area is 204 Å². The molecule has 9 nitrogen and oxygen atoms in total. The normalized spacial score (nSPS) is 14.4. The first-order chi connectivity index (χ1) is 17.0. The third-order valence-corrected chi connectivity index (χ3v) is 6.04. The molecule has 0 saturated carbocycles. The van der Waals surface area contributed by atoms with E-state index in [1.807, 2.05) is 37.3 Å². The molecule has 0 spiro atoms. The number of carbonyl (C=O) groups excluding carboxylic acids is 2. The smallest absolute Gasteiger partial charge is 0.308 e. The topological polar surface area (TPSA) is 121 Å². The highest BCUT2D eigenvalue weighted by Crippen LogP contribution is 2.24. The maximum absolute atomic E-state index is 13.2. The SMILES string of the molecule is COC(=O)[C@H](C)Cc1ccc(-c2cnc(N)c(C(=O)Cc3cnccc3N3CCOCC3)n2)cc1. The molecule has 0 bridgehead atoms. The van der Waals surface area contributed by atoms with Crippen molar-refractivity contribution in [1.29, 1.82) is 0 Å². The van der Waals surface area contributed by atoms with Gasteiger partial charge in [-0.15, -0.1) is 0 Å². The molecule has 1 aromatic carbocycles. The molecule has 4 rings (SSSR count). The number of hydrogen-bond acceptors (Lipinski definition) is 9. The van der Waals surface area contributed by atoms with E-state index in [0.717, 1.165) is 35.5 Å². The predicted molar refractivity (Wildman–Crippen MR) is 132 cm³/mol. The van der Waals surface area contributed by atoms with Crippen LogP contribution < -0.4 is 10.6 Å². The van der Waals surface area contributed by atoms with Crippen molar-refractivity contribution in [2.75, 3.05) is 44.0 Å². The van der Waals surface area contributed by atoms with Gasteiger partial charge in [0, 0.05) is 48.7 Å². The van der Waals surface area contributed by atoms with Gasteiger partial charge in [-0.1, -0.05) is 31.2 Å². The Hall–Kier alpha value is -3.85. The van der Waals surface area contributed by atoms with E-state index >= 15 is 0 Å². The minimum Gasteiger partial charge on any atom is -0.469 e. The van der Waals surface area contributed by atoms with E-state index in [-0.39, 0.29) is 35.6 Å². The van der Waals surface area contributed by atoms with E-state index in [0.29, 0.717) is 25.3 Å². The summed E-state index contributed by atoms with van der Waals surface area (Å²) >= 11 is 0. The number of pyridine rings is 1. The standard InChI is InChI=1S/C26H29N5O4/c1-17(26(33)34-2)13-18-3-5-19(6-4-18)21-16-29-25(27)24(30-21)23(32)14-20-15-28-8-7-22(20)31-9-11-35-12-10-31/h3-8,15-17H,9-14H2,1-2H3,(H2,27,29)/t17-/m1/s1. The summed E-state index contributed by atoms with van der Waals surface area (Å²) in [6.07, 6.45) is 5.68. The number of methoxy groups -OCH3 is 1. The number of Topliss-reactive ketones (excluding diaryl/α,β-unsaturated/α-hetero) is 1. The van der Waals surface area contributed by atoms with Gasteiger partial charge in [0.05, 0.1) is 38.1 Å². The molecule has 0 radical (unpaired) electrons. The summed E-state index contributed by atoms with van der Waals surface area (Å²) in [6, 6.07) is 9.57. The van der Waals surface area contributed by atoms with Gasteiger partial charge in [-0.05, 0) is 18.1 Å². The molecule has 9 heteroatoms. The second-order valence-corrected chi connectivity index (χ2v) is 8.52. The first-order valence-corrected chi connectivity index (χ1v) is 11.5. The number of nitrogen functional groups attached to an aromatic ring is 1. The quantitative estimate of drug-likeness (QED) is 0.387. The summed E-state index contributed by atoms with van der Waals surface area (Å²) in [6.45, 7) is 4.65. The zero-order valence-corrected chi connectivity index (χ0v) is 19.9. The van der Waals surface area contributed by atoms with Gasteiger partial charge in [0.15, 0.2) is 11.6 Å². The number of benzene rings is 1. The van der Waals surface area contributed by atoms with Crippen LogP contribution in [0.3, 0.4) is 0 Å². The van der Waals surface area contributed by atoms with E-state index in [1.165, 1.54) is 7.11 Å². The third kappa shape index (κ3) is 5.81. The van der Waals surface area contributed by atoms with Crippen LogP contribution in [0.4, 0.5) is 11.5 Å². The number of nitrogens with zero attached hydrogens (tertiary/aromatic N) is 4. The number of carbonyl (C=O) groups is 2. The summed E-state index contributed by atoms with van der Waals surface area (Å²) in [5, 5.41) is 0. The van der Waals surface area contributed by atoms with Crippen molar-refractivity contribution < 1.29 is 19.1 Å². The zero-order valence-electron chi connectivity index (χ0n) is 19.9. The van der Waals surface area contributed by atoms with Gasteiger partial charge >= 0.3 is 5.97 Å². The first kappa shape index (κ1) is 24.3. The minimum atomic E-state index is -0.243. The van der Waals surface area contributed by atoms with Crippen LogP contribution in [-0.4, -0.2) is 60.1 Å². The molecule has 182 valence electrons.